The Bertz CT molecular complexity index is 455. The maximum Gasteiger partial charge on any atom is 0.431 e. The van der Waals surface area contributed by atoms with Gasteiger partial charge < -0.3 is 4.74 Å². The fourth-order valence-electron chi connectivity index (χ4n) is 1.31. The molecule has 0 N–H and O–H groups in total. The minimum atomic E-state index is -4.15. The number of halogens is 4. The topological polar surface area (TPSA) is 26.3 Å². The lowest BCUT2D eigenvalue weighted by Gasteiger charge is -2.17. The summed E-state index contributed by atoms with van der Waals surface area (Å²) >= 11 is 0. The number of esters is 1. The lowest BCUT2D eigenvalue weighted by Crippen LogP contribution is -2.25. The van der Waals surface area contributed by atoms with Gasteiger partial charge in [-0.1, -0.05) is 6.07 Å². The van der Waals surface area contributed by atoms with Crippen molar-refractivity contribution in [3.63, 3.8) is 0 Å². The van der Waals surface area contributed by atoms with Gasteiger partial charge >= 0.3 is 12.1 Å². The summed E-state index contributed by atoms with van der Waals surface area (Å²) in [5.74, 6) is -4.75. The highest BCUT2D eigenvalue weighted by Crippen LogP contribution is 2.37. The Kier molecular flexibility index (Phi) is 2.81. The van der Waals surface area contributed by atoms with E-state index in [1.165, 1.54) is 0 Å². The molecule has 0 aliphatic heterocycles. The third kappa shape index (κ3) is 2.40. The summed E-state index contributed by atoms with van der Waals surface area (Å²) in [6.07, 6.45) is -3.17. The molecule has 17 heavy (non-hydrogen) atoms. The van der Waals surface area contributed by atoms with Crippen LogP contribution in [-0.4, -0.2) is 5.97 Å². The summed E-state index contributed by atoms with van der Waals surface area (Å²) in [6, 6.07) is 2.31. The first kappa shape index (κ1) is 11.9. The SMILES string of the molecule is O=C(OC(F)(F)c1cccc(F)c1F)C1CC1. The van der Waals surface area contributed by atoms with Gasteiger partial charge in [-0.15, -0.1) is 0 Å². The van der Waals surface area contributed by atoms with Gasteiger partial charge in [-0.25, -0.2) is 8.78 Å². The van der Waals surface area contributed by atoms with Crippen LogP contribution in [0.15, 0.2) is 18.2 Å². The van der Waals surface area contributed by atoms with Crippen molar-refractivity contribution in [2.24, 2.45) is 5.92 Å². The van der Waals surface area contributed by atoms with E-state index in [1.54, 1.807) is 0 Å². The molecule has 6 heteroatoms. The number of hydrogen-bond acceptors (Lipinski definition) is 2. The predicted molar refractivity (Wildman–Crippen MR) is 49.1 cm³/mol. The molecule has 0 saturated heterocycles. The minimum Gasteiger partial charge on any atom is -0.397 e. The Labute approximate surface area is 94.2 Å². The number of carbonyl (C=O) groups is 1. The molecule has 1 aliphatic carbocycles. The van der Waals surface area contributed by atoms with E-state index in [0.717, 1.165) is 6.07 Å². The maximum absolute atomic E-state index is 13.4. The first-order valence-corrected chi connectivity index (χ1v) is 4.97. The molecule has 0 radical (unpaired) electrons. The second kappa shape index (κ2) is 4.01. The van der Waals surface area contributed by atoms with Crippen molar-refractivity contribution >= 4 is 5.97 Å². The van der Waals surface area contributed by atoms with E-state index >= 15 is 0 Å². The molecule has 2 nitrogen and oxygen atoms in total. The zero-order chi connectivity index (χ0) is 12.6. The van der Waals surface area contributed by atoms with E-state index in [0.29, 0.717) is 25.0 Å². The third-order valence-electron chi connectivity index (χ3n) is 2.40. The van der Waals surface area contributed by atoms with Crippen molar-refractivity contribution in [3.8, 4) is 0 Å². The van der Waals surface area contributed by atoms with Gasteiger partial charge in [0.25, 0.3) is 0 Å². The minimum absolute atomic E-state index is 0.487. The van der Waals surface area contributed by atoms with Crippen LogP contribution in [0.1, 0.15) is 18.4 Å². The average Bonchev–Trinajstić information content (AvgIpc) is 3.04. The van der Waals surface area contributed by atoms with Crippen molar-refractivity contribution in [1.29, 1.82) is 0 Å². The lowest BCUT2D eigenvalue weighted by atomic mass is 10.2. The summed E-state index contributed by atoms with van der Waals surface area (Å²) in [5.41, 5.74) is -1.27. The van der Waals surface area contributed by atoms with Gasteiger partial charge in [0, 0.05) is 0 Å². The maximum atomic E-state index is 13.4. The Morgan fingerprint density at radius 2 is 1.94 bits per heavy atom. The van der Waals surface area contributed by atoms with Crippen LogP contribution in [-0.2, 0) is 15.6 Å². The Morgan fingerprint density at radius 1 is 1.29 bits per heavy atom. The Morgan fingerprint density at radius 3 is 2.53 bits per heavy atom. The van der Waals surface area contributed by atoms with E-state index in [9.17, 15) is 22.4 Å². The molecule has 0 bridgehead atoms. The van der Waals surface area contributed by atoms with Crippen LogP contribution in [0, 0.1) is 17.6 Å². The van der Waals surface area contributed by atoms with E-state index in [-0.39, 0.29) is 0 Å². The molecule has 0 atom stereocenters. The van der Waals surface area contributed by atoms with Crippen molar-refractivity contribution in [3.05, 3.63) is 35.4 Å². The summed E-state index contributed by atoms with van der Waals surface area (Å²) in [6.45, 7) is 0. The molecule has 1 saturated carbocycles. The van der Waals surface area contributed by atoms with Gasteiger partial charge in [-0.05, 0) is 25.0 Å². The van der Waals surface area contributed by atoms with Gasteiger partial charge in [-0.3, -0.25) is 4.79 Å². The second-order valence-electron chi connectivity index (χ2n) is 3.81. The zero-order valence-electron chi connectivity index (χ0n) is 8.55. The highest BCUT2D eigenvalue weighted by atomic mass is 19.3. The molecule has 1 aliphatic rings. The van der Waals surface area contributed by atoms with E-state index in [4.69, 9.17) is 0 Å². The first-order chi connectivity index (χ1) is 7.92. The van der Waals surface area contributed by atoms with Crippen molar-refractivity contribution in [1.82, 2.24) is 0 Å². The largest absolute Gasteiger partial charge is 0.431 e. The van der Waals surface area contributed by atoms with Gasteiger partial charge in [0.05, 0.1) is 5.92 Å². The highest BCUT2D eigenvalue weighted by molar-refractivity contribution is 5.75. The number of hydrogen-bond donors (Lipinski definition) is 0. The summed E-state index contributed by atoms with van der Waals surface area (Å²) in [7, 11) is 0. The Hall–Kier alpha value is -1.59. The first-order valence-electron chi connectivity index (χ1n) is 4.97. The van der Waals surface area contributed by atoms with Crippen molar-refractivity contribution < 1.29 is 27.1 Å². The predicted octanol–water partition coefficient (Wildman–Crippen LogP) is 2.97. The van der Waals surface area contributed by atoms with Gasteiger partial charge in [0.2, 0.25) is 0 Å². The van der Waals surface area contributed by atoms with Gasteiger partial charge in [0.1, 0.15) is 5.56 Å². The second-order valence-corrected chi connectivity index (χ2v) is 3.81. The molecule has 92 valence electrons. The molecule has 0 aromatic heterocycles. The van der Waals surface area contributed by atoms with Crippen molar-refractivity contribution in [2.45, 2.75) is 19.0 Å². The number of rotatable bonds is 3. The number of ether oxygens (including phenoxy) is 1. The van der Waals surface area contributed by atoms with Crippen LogP contribution in [0.4, 0.5) is 17.6 Å². The standard InChI is InChI=1S/C11H8F4O2/c12-8-3-1-2-7(9(8)13)11(14,15)17-10(16)6-4-5-6/h1-3,6H,4-5H2. The zero-order valence-corrected chi connectivity index (χ0v) is 8.55. The molecule has 1 aromatic carbocycles. The Balaban J connectivity index is 2.23. The van der Waals surface area contributed by atoms with Gasteiger partial charge in [-0.2, -0.15) is 8.78 Å². The number of benzene rings is 1. The van der Waals surface area contributed by atoms with Crippen LogP contribution >= 0.6 is 0 Å². The molecular weight excluding hydrogens is 240 g/mol. The van der Waals surface area contributed by atoms with Crippen LogP contribution in [0.3, 0.4) is 0 Å². The fourth-order valence-corrected chi connectivity index (χ4v) is 1.31. The van der Waals surface area contributed by atoms with Gasteiger partial charge in [0.15, 0.2) is 11.6 Å². The number of alkyl halides is 2. The molecule has 1 aromatic rings. The molecule has 0 spiro atoms. The summed E-state index contributed by atoms with van der Waals surface area (Å²) < 4.78 is 56.6. The molecule has 2 rings (SSSR count). The fraction of sp³-hybridized carbons (Fsp3) is 0.364. The van der Waals surface area contributed by atoms with E-state index in [1.807, 2.05) is 0 Å². The quantitative estimate of drug-likeness (QED) is 0.607. The summed E-state index contributed by atoms with van der Waals surface area (Å²) in [4.78, 5) is 11.1. The van der Waals surface area contributed by atoms with Crippen LogP contribution in [0.2, 0.25) is 0 Å². The normalized spacial score (nSPS) is 15.8. The van der Waals surface area contributed by atoms with Crippen LogP contribution in [0.25, 0.3) is 0 Å². The monoisotopic (exact) mass is 248 g/mol. The smallest absolute Gasteiger partial charge is 0.397 e. The van der Waals surface area contributed by atoms with E-state index < -0.39 is 35.2 Å². The van der Waals surface area contributed by atoms with E-state index in [2.05, 4.69) is 4.74 Å². The third-order valence-corrected chi connectivity index (χ3v) is 2.40. The van der Waals surface area contributed by atoms with Crippen molar-refractivity contribution in [2.75, 3.05) is 0 Å². The molecule has 0 heterocycles. The average molecular weight is 248 g/mol. The molecular formula is C11H8F4O2. The molecule has 0 unspecified atom stereocenters. The number of carbonyl (C=O) groups excluding carboxylic acids is 1. The molecule has 0 amide bonds. The molecule has 1 fully saturated rings. The summed E-state index contributed by atoms with van der Waals surface area (Å²) in [5, 5.41) is 0. The van der Waals surface area contributed by atoms with Crippen LogP contribution < -0.4 is 0 Å². The van der Waals surface area contributed by atoms with Crippen LogP contribution in [0.5, 0.6) is 0 Å². The highest BCUT2D eigenvalue weighted by Gasteiger charge is 2.44. The lowest BCUT2D eigenvalue weighted by molar-refractivity contribution is -0.242.